The average molecular weight is 438 g/mol. The Balaban J connectivity index is 1.51. The van der Waals surface area contributed by atoms with Crippen molar-refractivity contribution in [1.29, 1.82) is 0 Å². The van der Waals surface area contributed by atoms with E-state index in [0.29, 0.717) is 29.3 Å². The van der Waals surface area contributed by atoms with Gasteiger partial charge in [0.2, 0.25) is 5.91 Å². The molecule has 1 N–H and O–H groups in total. The van der Waals surface area contributed by atoms with Crippen molar-refractivity contribution in [3.05, 3.63) is 59.7 Å². The van der Waals surface area contributed by atoms with E-state index in [2.05, 4.69) is 12.2 Å². The van der Waals surface area contributed by atoms with Crippen LogP contribution >= 0.6 is 0 Å². The third-order valence-electron chi connectivity index (χ3n) is 7.12. The van der Waals surface area contributed by atoms with E-state index in [-0.39, 0.29) is 30.2 Å². The highest BCUT2D eigenvalue weighted by atomic mass is 19.1. The van der Waals surface area contributed by atoms with Gasteiger partial charge in [-0.25, -0.2) is 4.39 Å². The van der Waals surface area contributed by atoms with E-state index in [1.54, 1.807) is 36.3 Å². The van der Waals surface area contributed by atoms with Crippen molar-refractivity contribution in [3.8, 4) is 0 Å². The Hall–Kier alpha value is -3.09. The molecule has 0 bridgehead atoms. The molecule has 5 rings (SSSR count). The maximum Gasteiger partial charge on any atom is 0.271 e. The second-order valence-corrected chi connectivity index (χ2v) is 9.51. The van der Waals surface area contributed by atoms with Crippen LogP contribution in [0.5, 0.6) is 0 Å². The molecule has 6 nitrogen and oxygen atoms in total. The van der Waals surface area contributed by atoms with Crippen molar-refractivity contribution >= 4 is 22.9 Å². The van der Waals surface area contributed by atoms with Crippen molar-refractivity contribution in [2.45, 2.75) is 64.2 Å². The van der Waals surface area contributed by atoms with E-state index in [0.717, 1.165) is 31.2 Å². The largest absolute Gasteiger partial charge is 0.463 e. The molecule has 7 heteroatoms. The van der Waals surface area contributed by atoms with Gasteiger partial charge >= 0.3 is 0 Å². The van der Waals surface area contributed by atoms with Crippen LogP contribution < -0.4 is 5.32 Å². The third-order valence-corrected chi connectivity index (χ3v) is 7.12. The number of nitrogens with zero attached hydrogens (tertiary/aromatic N) is 2. The number of hydrogen-bond donors (Lipinski definition) is 1. The zero-order chi connectivity index (χ0) is 22.5. The highest BCUT2D eigenvalue weighted by Gasteiger charge is 2.48. The van der Waals surface area contributed by atoms with Crippen LogP contribution in [0.1, 0.15) is 55.6 Å². The number of rotatable bonds is 4. The summed E-state index contributed by atoms with van der Waals surface area (Å²) in [5, 5.41) is 3.22. The zero-order valence-corrected chi connectivity index (χ0v) is 18.4. The molecule has 3 aromatic rings. The second-order valence-electron chi connectivity index (χ2n) is 9.51. The summed E-state index contributed by atoms with van der Waals surface area (Å²) >= 11 is 0. The summed E-state index contributed by atoms with van der Waals surface area (Å²) in [7, 11) is 0. The van der Waals surface area contributed by atoms with Gasteiger partial charge in [0.1, 0.15) is 17.1 Å². The van der Waals surface area contributed by atoms with Gasteiger partial charge in [-0.3, -0.25) is 9.59 Å². The first kappa shape index (κ1) is 20.8. The molecule has 2 aliphatic rings. The van der Waals surface area contributed by atoms with E-state index in [1.165, 1.54) is 12.1 Å². The Morgan fingerprint density at radius 1 is 1.22 bits per heavy atom. The molecule has 3 heterocycles. The number of carbonyl (C=O) groups excluding carboxylic acids is 2. The van der Waals surface area contributed by atoms with Crippen LogP contribution in [0, 0.1) is 11.7 Å². The number of benzene rings is 1. The summed E-state index contributed by atoms with van der Waals surface area (Å²) in [5.41, 5.74) is 1.41. The highest BCUT2D eigenvalue weighted by molar-refractivity contribution is 6.02. The smallest absolute Gasteiger partial charge is 0.271 e. The van der Waals surface area contributed by atoms with Crippen molar-refractivity contribution in [2.24, 2.45) is 5.92 Å². The lowest BCUT2D eigenvalue weighted by Gasteiger charge is -2.45. The zero-order valence-electron chi connectivity index (χ0n) is 18.4. The number of carbonyl (C=O) groups is 2. The van der Waals surface area contributed by atoms with Gasteiger partial charge in [-0.2, -0.15) is 0 Å². The fourth-order valence-electron chi connectivity index (χ4n) is 5.08. The van der Waals surface area contributed by atoms with Crippen LogP contribution in [0.4, 0.5) is 4.39 Å². The highest BCUT2D eigenvalue weighted by Crippen LogP contribution is 2.34. The lowest BCUT2D eigenvalue weighted by molar-refractivity contribution is -0.134. The van der Waals surface area contributed by atoms with Crippen molar-refractivity contribution in [3.63, 3.8) is 0 Å². The first-order valence-corrected chi connectivity index (χ1v) is 11.3. The van der Waals surface area contributed by atoms with Gasteiger partial charge in [0.25, 0.3) is 5.91 Å². The van der Waals surface area contributed by atoms with Crippen LogP contribution in [-0.2, 0) is 17.9 Å². The number of halogens is 1. The normalized spacial score (nSPS) is 25.7. The lowest BCUT2D eigenvalue weighted by Crippen LogP contribution is -2.64. The van der Waals surface area contributed by atoms with Crippen molar-refractivity contribution in [2.75, 3.05) is 0 Å². The van der Waals surface area contributed by atoms with Crippen LogP contribution in [0.25, 0.3) is 11.1 Å². The third kappa shape index (κ3) is 3.49. The molecule has 0 spiro atoms. The van der Waals surface area contributed by atoms with E-state index in [9.17, 15) is 14.0 Å². The first-order chi connectivity index (χ1) is 15.3. The minimum atomic E-state index is -1.12. The lowest BCUT2D eigenvalue weighted by atomic mass is 9.86. The molecule has 1 fully saturated rings. The standard InChI is InChI=1S/C25H28FN3O3/c1-16-6-8-19(9-7-16)27-24(31)25(2)15-28-20-10-11-32-22(20)13-21(28)23(30)29(25)14-17-4-3-5-18(26)12-17/h3-5,10-13,16,19H,6-9,14-15H2,1-2H3,(H,27,31)/t16?,19?,25-/m1/s1. The predicted molar refractivity (Wildman–Crippen MR) is 118 cm³/mol. The maximum atomic E-state index is 13.8. The van der Waals surface area contributed by atoms with Crippen LogP contribution in [0.2, 0.25) is 0 Å². The number of fused-ring (bicyclic) bond motifs is 3. The molecule has 2 amide bonds. The summed E-state index contributed by atoms with van der Waals surface area (Å²) in [4.78, 5) is 28.9. The fourth-order valence-corrected chi connectivity index (χ4v) is 5.08. The molecule has 168 valence electrons. The summed E-state index contributed by atoms with van der Waals surface area (Å²) in [6.45, 7) is 4.50. The van der Waals surface area contributed by atoms with Crippen molar-refractivity contribution < 1.29 is 18.4 Å². The topological polar surface area (TPSA) is 67.5 Å². The Morgan fingerprint density at radius 2 is 2.00 bits per heavy atom. The monoisotopic (exact) mass is 437 g/mol. The van der Waals surface area contributed by atoms with Gasteiger partial charge in [0, 0.05) is 24.7 Å². The summed E-state index contributed by atoms with van der Waals surface area (Å²) < 4.78 is 21.2. The maximum absolute atomic E-state index is 13.8. The van der Waals surface area contributed by atoms with Crippen LogP contribution in [-0.4, -0.2) is 32.9 Å². The van der Waals surface area contributed by atoms with Crippen LogP contribution in [0.15, 0.2) is 47.1 Å². The molecule has 0 saturated heterocycles. The molecule has 32 heavy (non-hydrogen) atoms. The molecule has 0 radical (unpaired) electrons. The number of hydrogen-bond acceptors (Lipinski definition) is 3. The average Bonchev–Trinajstić information content (AvgIpc) is 3.35. The number of nitrogens with one attached hydrogen (secondary N) is 1. The molecule has 1 saturated carbocycles. The Morgan fingerprint density at radius 3 is 2.75 bits per heavy atom. The quantitative estimate of drug-likeness (QED) is 0.654. The Labute approximate surface area is 186 Å². The predicted octanol–water partition coefficient (Wildman–Crippen LogP) is 4.48. The molecule has 1 atom stereocenters. The Bertz CT molecular complexity index is 1170. The van der Waals surface area contributed by atoms with Gasteiger partial charge in [0.15, 0.2) is 5.58 Å². The molecule has 2 aromatic heterocycles. The minimum Gasteiger partial charge on any atom is -0.463 e. The van der Waals surface area contributed by atoms with E-state index in [4.69, 9.17) is 4.42 Å². The van der Waals surface area contributed by atoms with Crippen molar-refractivity contribution in [1.82, 2.24) is 14.8 Å². The minimum absolute atomic E-state index is 0.113. The molecule has 0 unspecified atom stereocenters. The van der Waals surface area contributed by atoms with Gasteiger partial charge in [-0.05, 0) is 56.2 Å². The first-order valence-electron chi connectivity index (χ1n) is 11.3. The van der Waals surface area contributed by atoms with Gasteiger partial charge in [-0.1, -0.05) is 19.1 Å². The van der Waals surface area contributed by atoms with E-state index < -0.39 is 5.54 Å². The Kier molecular flexibility index (Phi) is 5.07. The molecular formula is C25H28FN3O3. The van der Waals surface area contributed by atoms with Gasteiger partial charge in [-0.15, -0.1) is 0 Å². The second kappa shape index (κ2) is 7.80. The fraction of sp³-hybridized carbons (Fsp3) is 0.440. The number of amides is 2. The number of aromatic nitrogens is 1. The van der Waals surface area contributed by atoms with Gasteiger partial charge in [0.05, 0.1) is 18.3 Å². The molecular weight excluding hydrogens is 409 g/mol. The van der Waals surface area contributed by atoms with Crippen LogP contribution in [0.3, 0.4) is 0 Å². The summed E-state index contributed by atoms with van der Waals surface area (Å²) in [5.74, 6) is -0.119. The molecule has 1 aromatic carbocycles. The van der Waals surface area contributed by atoms with E-state index in [1.807, 2.05) is 10.6 Å². The molecule has 1 aliphatic carbocycles. The SMILES string of the molecule is CC1CCC(NC(=O)[C@@]2(C)Cn3c(cc4occc43)C(=O)N2Cc2cccc(F)c2)CC1. The summed E-state index contributed by atoms with van der Waals surface area (Å²) in [6.07, 6.45) is 5.65. The number of furan rings is 1. The summed E-state index contributed by atoms with van der Waals surface area (Å²) in [6, 6.07) is 9.82. The van der Waals surface area contributed by atoms with E-state index >= 15 is 0 Å². The molecule has 1 aliphatic heterocycles. The van der Waals surface area contributed by atoms with Gasteiger partial charge < -0.3 is 19.2 Å².